The number of ether oxygens (including phenoxy) is 1. The number of aromatic nitrogens is 2. The highest BCUT2D eigenvalue weighted by molar-refractivity contribution is 6.03. The van der Waals surface area contributed by atoms with Crippen molar-refractivity contribution in [3.8, 4) is 5.75 Å². The molecule has 0 bridgehead atoms. The third kappa shape index (κ3) is 5.65. The van der Waals surface area contributed by atoms with E-state index < -0.39 is 41.8 Å². The number of hydrogen-bond acceptors (Lipinski definition) is 3. The van der Waals surface area contributed by atoms with E-state index in [1.54, 1.807) is 48.5 Å². The van der Waals surface area contributed by atoms with Gasteiger partial charge in [0.15, 0.2) is 5.82 Å². The van der Waals surface area contributed by atoms with E-state index in [0.717, 1.165) is 17.7 Å². The Balaban J connectivity index is 1.56. The van der Waals surface area contributed by atoms with Crippen LogP contribution < -0.4 is 10.1 Å². The summed E-state index contributed by atoms with van der Waals surface area (Å²) in [6.07, 6.45) is -4.78. The molecule has 0 fully saturated rings. The van der Waals surface area contributed by atoms with Gasteiger partial charge in [0.1, 0.15) is 12.4 Å². The second kappa shape index (κ2) is 9.96. The molecule has 0 saturated heterocycles. The number of benzene rings is 3. The van der Waals surface area contributed by atoms with E-state index in [2.05, 4.69) is 10.4 Å². The van der Waals surface area contributed by atoms with E-state index in [1.165, 1.54) is 18.2 Å². The lowest BCUT2D eigenvalue weighted by Crippen LogP contribution is -2.15. The molecule has 1 aromatic heterocycles. The molecule has 4 rings (SSSR count). The van der Waals surface area contributed by atoms with Crippen LogP contribution in [0.5, 0.6) is 5.75 Å². The van der Waals surface area contributed by atoms with Gasteiger partial charge >= 0.3 is 6.18 Å². The highest BCUT2D eigenvalue weighted by Gasteiger charge is 2.34. The third-order valence-corrected chi connectivity index (χ3v) is 5.06. The Labute approximate surface area is 196 Å². The predicted molar refractivity (Wildman–Crippen MR) is 118 cm³/mol. The molecule has 0 radical (unpaired) electrons. The molecule has 180 valence electrons. The van der Waals surface area contributed by atoms with Crippen molar-refractivity contribution in [2.45, 2.75) is 19.3 Å². The fraction of sp³-hybridized carbons (Fsp3) is 0.120. The molecule has 35 heavy (non-hydrogen) atoms. The van der Waals surface area contributed by atoms with Crippen LogP contribution in [0.2, 0.25) is 0 Å². The number of rotatable bonds is 7. The number of halogens is 5. The van der Waals surface area contributed by atoms with Crippen molar-refractivity contribution < 1.29 is 31.5 Å². The molecule has 10 heteroatoms. The van der Waals surface area contributed by atoms with Crippen molar-refractivity contribution in [3.63, 3.8) is 0 Å². The summed E-state index contributed by atoms with van der Waals surface area (Å²) in [7, 11) is 0. The van der Waals surface area contributed by atoms with E-state index in [0.29, 0.717) is 4.68 Å². The first kappa shape index (κ1) is 23.9. The van der Waals surface area contributed by atoms with E-state index in [9.17, 15) is 26.7 Å². The number of nitrogens with one attached hydrogen (secondary N) is 1. The molecule has 0 atom stereocenters. The first-order valence-corrected chi connectivity index (χ1v) is 10.4. The highest BCUT2D eigenvalue weighted by atomic mass is 19.4. The molecule has 0 unspecified atom stereocenters. The molecule has 4 aromatic rings. The summed E-state index contributed by atoms with van der Waals surface area (Å²) in [6.45, 7) is -0.668. The lowest BCUT2D eigenvalue weighted by molar-refractivity contribution is -0.138. The molecule has 1 heterocycles. The molecular formula is C25H18F5N3O2. The number of anilines is 1. The van der Waals surface area contributed by atoms with Gasteiger partial charge in [0.05, 0.1) is 12.1 Å². The smallest absolute Gasteiger partial charge is 0.416 e. The van der Waals surface area contributed by atoms with Gasteiger partial charge in [0.2, 0.25) is 11.8 Å². The lowest BCUT2D eigenvalue weighted by atomic mass is 10.1. The average molecular weight is 487 g/mol. The van der Waals surface area contributed by atoms with Crippen LogP contribution in [0, 0.1) is 11.8 Å². The maximum absolute atomic E-state index is 14.4. The van der Waals surface area contributed by atoms with Crippen LogP contribution in [0.4, 0.5) is 27.8 Å². The molecule has 3 aromatic carbocycles. The van der Waals surface area contributed by atoms with E-state index in [-0.39, 0.29) is 23.5 Å². The van der Waals surface area contributed by atoms with Crippen LogP contribution in [0.1, 0.15) is 27.0 Å². The van der Waals surface area contributed by atoms with Crippen LogP contribution in [-0.2, 0) is 19.3 Å². The summed E-state index contributed by atoms with van der Waals surface area (Å²) >= 11 is 0. The molecule has 0 spiro atoms. The second-order valence-electron chi connectivity index (χ2n) is 7.52. The third-order valence-electron chi connectivity index (χ3n) is 5.06. The number of hydrogen-bond donors (Lipinski definition) is 1. The lowest BCUT2D eigenvalue weighted by Gasteiger charge is -2.15. The Bertz CT molecular complexity index is 1320. The zero-order valence-corrected chi connectivity index (χ0v) is 18.0. The molecule has 0 aliphatic carbocycles. The summed E-state index contributed by atoms with van der Waals surface area (Å²) in [5, 5.41) is 5.76. The monoisotopic (exact) mass is 487 g/mol. The average Bonchev–Trinajstić information content (AvgIpc) is 3.11. The fourth-order valence-electron chi connectivity index (χ4n) is 3.32. The largest absolute Gasteiger partial charge is 0.489 e. The summed E-state index contributed by atoms with van der Waals surface area (Å²) in [4.78, 5) is 12.2. The molecule has 0 aliphatic heterocycles. The topological polar surface area (TPSA) is 56.2 Å². The first-order chi connectivity index (χ1) is 16.7. The van der Waals surface area contributed by atoms with Crippen molar-refractivity contribution >= 4 is 11.7 Å². The van der Waals surface area contributed by atoms with E-state index >= 15 is 0 Å². The van der Waals surface area contributed by atoms with Gasteiger partial charge in [-0.3, -0.25) is 4.79 Å². The van der Waals surface area contributed by atoms with Crippen molar-refractivity contribution in [2.75, 3.05) is 5.32 Å². The zero-order valence-electron chi connectivity index (χ0n) is 18.0. The predicted octanol–water partition coefficient (Wildman–Crippen LogP) is 6.06. The number of nitrogens with zero attached hydrogens (tertiary/aromatic N) is 2. The van der Waals surface area contributed by atoms with Gasteiger partial charge in [-0.15, -0.1) is 5.10 Å². The van der Waals surface area contributed by atoms with Crippen molar-refractivity contribution in [2.24, 2.45) is 0 Å². The fourth-order valence-corrected chi connectivity index (χ4v) is 3.32. The number of alkyl halides is 3. The normalized spacial score (nSPS) is 11.3. The van der Waals surface area contributed by atoms with E-state index in [1.807, 2.05) is 0 Å². The Kier molecular flexibility index (Phi) is 6.81. The Morgan fingerprint density at radius 1 is 0.943 bits per heavy atom. The number of carbonyl (C=O) groups excluding carboxylic acids is 1. The SMILES string of the molecule is O=C(Nc1nn(Cc2ccc(OCc3ccccc3)cc2C(F)(F)F)c(F)c1F)c1ccccc1. The van der Waals surface area contributed by atoms with Crippen LogP contribution in [0.15, 0.2) is 78.9 Å². The summed E-state index contributed by atoms with van der Waals surface area (Å²) in [5.74, 6) is -4.50. The van der Waals surface area contributed by atoms with Gasteiger partial charge in [0.25, 0.3) is 5.91 Å². The minimum atomic E-state index is -4.78. The summed E-state index contributed by atoms with van der Waals surface area (Å²) in [5.41, 5.74) is -0.489. The minimum Gasteiger partial charge on any atom is -0.489 e. The summed E-state index contributed by atoms with van der Waals surface area (Å²) in [6, 6.07) is 19.8. The molecule has 1 amide bonds. The molecule has 0 saturated carbocycles. The first-order valence-electron chi connectivity index (χ1n) is 10.4. The van der Waals surface area contributed by atoms with Crippen molar-refractivity contribution in [1.29, 1.82) is 0 Å². The second-order valence-corrected chi connectivity index (χ2v) is 7.52. The highest BCUT2D eigenvalue weighted by Crippen LogP contribution is 2.35. The molecule has 5 nitrogen and oxygen atoms in total. The quantitative estimate of drug-likeness (QED) is 0.323. The summed E-state index contributed by atoms with van der Waals surface area (Å²) < 4.78 is 75.9. The van der Waals surface area contributed by atoms with Gasteiger partial charge in [-0.1, -0.05) is 54.6 Å². The maximum atomic E-state index is 14.4. The van der Waals surface area contributed by atoms with Gasteiger partial charge in [0, 0.05) is 5.56 Å². The van der Waals surface area contributed by atoms with Gasteiger partial charge in [-0.25, -0.2) is 4.68 Å². The van der Waals surface area contributed by atoms with Crippen LogP contribution in [0.3, 0.4) is 0 Å². The zero-order chi connectivity index (χ0) is 25.0. The van der Waals surface area contributed by atoms with Gasteiger partial charge < -0.3 is 10.1 Å². The number of carbonyl (C=O) groups is 1. The minimum absolute atomic E-state index is 0.0344. The molecule has 1 N–H and O–H groups in total. The number of amides is 1. The van der Waals surface area contributed by atoms with Gasteiger partial charge in [-0.2, -0.15) is 22.0 Å². The van der Waals surface area contributed by atoms with Crippen molar-refractivity contribution in [1.82, 2.24) is 9.78 Å². The Morgan fingerprint density at radius 3 is 2.26 bits per heavy atom. The van der Waals surface area contributed by atoms with Crippen LogP contribution in [0.25, 0.3) is 0 Å². The Morgan fingerprint density at radius 2 is 1.60 bits per heavy atom. The standard InChI is InChI=1S/C25H18F5N3O2/c26-21-22(27)33(32-23(21)31-24(34)17-9-5-2-6-10-17)14-18-11-12-19(13-20(18)25(28,29)30)35-15-16-7-3-1-4-8-16/h1-13H,14-15H2,(H,31,32,34). The molecular weight excluding hydrogens is 469 g/mol. The van der Waals surface area contributed by atoms with E-state index in [4.69, 9.17) is 4.74 Å². The maximum Gasteiger partial charge on any atom is 0.416 e. The van der Waals surface area contributed by atoms with Crippen LogP contribution in [-0.4, -0.2) is 15.7 Å². The van der Waals surface area contributed by atoms with Gasteiger partial charge in [-0.05, 0) is 35.4 Å². The van der Waals surface area contributed by atoms with Crippen molar-refractivity contribution in [3.05, 3.63) is 113 Å². The van der Waals surface area contributed by atoms with Crippen LogP contribution >= 0.6 is 0 Å². The Hall–Kier alpha value is -4.21. The molecule has 0 aliphatic rings.